The first kappa shape index (κ1) is 23.6. The van der Waals surface area contributed by atoms with Gasteiger partial charge in [-0.3, -0.25) is 0 Å². The third-order valence-corrected chi connectivity index (χ3v) is 5.37. The van der Waals surface area contributed by atoms with Gasteiger partial charge in [-0.05, 0) is 12.3 Å². The molecule has 1 atom stereocenters. The predicted molar refractivity (Wildman–Crippen MR) is 111 cm³/mol. The van der Waals surface area contributed by atoms with Crippen LogP contribution in [0.15, 0.2) is 0 Å². The van der Waals surface area contributed by atoms with E-state index in [-0.39, 0.29) is 0 Å². The summed E-state index contributed by atoms with van der Waals surface area (Å²) in [4.78, 5) is 0. The minimum atomic E-state index is 0.970. The molecule has 0 fully saturated rings. The van der Waals surface area contributed by atoms with Gasteiger partial charge in [-0.15, -0.1) is 12.3 Å². The van der Waals surface area contributed by atoms with Gasteiger partial charge in [0.25, 0.3) is 0 Å². The van der Waals surface area contributed by atoms with Gasteiger partial charge < -0.3 is 0 Å². The minimum Gasteiger partial charge on any atom is -0.120 e. The number of unbranched alkanes of at least 4 members (excludes halogenated alkanes) is 13. The first-order chi connectivity index (χ1) is 11.8. The Hall–Kier alpha value is -0.440. The second kappa shape index (κ2) is 20.6. The first-order valence-electron chi connectivity index (χ1n) is 11.3. The second-order valence-corrected chi connectivity index (χ2v) is 7.78. The molecular formula is C24H46. The van der Waals surface area contributed by atoms with Crippen molar-refractivity contribution in [3.63, 3.8) is 0 Å². The molecule has 24 heavy (non-hydrogen) atoms. The first-order valence-corrected chi connectivity index (χ1v) is 11.3. The van der Waals surface area contributed by atoms with Crippen LogP contribution in [0.1, 0.15) is 136 Å². The molecular weight excluding hydrogens is 288 g/mol. The van der Waals surface area contributed by atoms with Gasteiger partial charge in [-0.2, -0.15) is 0 Å². The Morgan fingerprint density at radius 1 is 0.542 bits per heavy atom. The average molecular weight is 335 g/mol. The lowest BCUT2D eigenvalue weighted by Gasteiger charge is -2.16. The Bertz CT molecular complexity index is 260. The molecule has 0 saturated heterocycles. The number of terminal acetylenes is 1. The topological polar surface area (TPSA) is 0 Å². The highest BCUT2D eigenvalue weighted by molar-refractivity contribution is 4.82. The van der Waals surface area contributed by atoms with Crippen molar-refractivity contribution in [1.82, 2.24) is 0 Å². The molecule has 0 radical (unpaired) electrons. The van der Waals surface area contributed by atoms with Crippen LogP contribution in [-0.4, -0.2) is 0 Å². The summed E-state index contributed by atoms with van der Waals surface area (Å²) >= 11 is 0. The van der Waals surface area contributed by atoms with E-state index >= 15 is 0 Å². The molecule has 0 heterocycles. The molecule has 0 aliphatic rings. The van der Waals surface area contributed by atoms with Gasteiger partial charge in [0, 0.05) is 6.42 Å². The maximum Gasteiger partial charge on any atom is 0.00860 e. The van der Waals surface area contributed by atoms with Crippen LogP contribution in [0, 0.1) is 18.3 Å². The average Bonchev–Trinajstić information content (AvgIpc) is 2.60. The van der Waals surface area contributed by atoms with Gasteiger partial charge in [0.2, 0.25) is 0 Å². The zero-order valence-electron chi connectivity index (χ0n) is 17.1. The van der Waals surface area contributed by atoms with E-state index in [0.717, 1.165) is 12.3 Å². The van der Waals surface area contributed by atoms with Crippen LogP contribution in [-0.2, 0) is 0 Å². The quantitative estimate of drug-likeness (QED) is 0.164. The predicted octanol–water partition coefficient (Wildman–Crippen LogP) is 8.69. The van der Waals surface area contributed by atoms with Crippen LogP contribution in [0.3, 0.4) is 0 Å². The Morgan fingerprint density at radius 3 is 1.46 bits per heavy atom. The van der Waals surface area contributed by atoms with Crippen molar-refractivity contribution in [2.75, 3.05) is 0 Å². The van der Waals surface area contributed by atoms with Crippen LogP contribution < -0.4 is 0 Å². The molecule has 0 aliphatic carbocycles. The molecule has 142 valence electrons. The maximum atomic E-state index is 5.30. The number of hydrogen-bond donors (Lipinski definition) is 0. The fraction of sp³-hybridized carbons (Fsp3) is 0.917. The van der Waals surface area contributed by atoms with E-state index in [9.17, 15) is 0 Å². The minimum absolute atomic E-state index is 0.970. The monoisotopic (exact) mass is 334 g/mol. The van der Waals surface area contributed by atoms with Gasteiger partial charge in [0.1, 0.15) is 0 Å². The van der Waals surface area contributed by atoms with E-state index < -0.39 is 0 Å². The Kier molecular flexibility index (Phi) is 20.2. The lowest BCUT2D eigenvalue weighted by atomic mass is 9.90. The van der Waals surface area contributed by atoms with Crippen molar-refractivity contribution in [3.05, 3.63) is 0 Å². The zero-order valence-corrected chi connectivity index (χ0v) is 17.1. The highest BCUT2D eigenvalue weighted by atomic mass is 14.1. The third-order valence-electron chi connectivity index (χ3n) is 5.37. The Labute approximate surface area is 154 Å². The molecule has 0 heteroatoms. The van der Waals surface area contributed by atoms with Crippen LogP contribution >= 0.6 is 0 Å². The van der Waals surface area contributed by atoms with Crippen molar-refractivity contribution in [1.29, 1.82) is 0 Å². The van der Waals surface area contributed by atoms with Crippen LogP contribution in [0.4, 0.5) is 0 Å². The summed E-state index contributed by atoms with van der Waals surface area (Å²) in [5, 5.41) is 0. The molecule has 0 N–H and O–H groups in total. The van der Waals surface area contributed by atoms with Crippen molar-refractivity contribution < 1.29 is 0 Å². The fourth-order valence-corrected chi connectivity index (χ4v) is 3.68. The fourth-order valence-electron chi connectivity index (χ4n) is 3.68. The summed E-state index contributed by atoms with van der Waals surface area (Å²) in [5.41, 5.74) is 0. The van der Waals surface area contributed by atoms with E-state index in [1.54, 1.807) is 0 Å². The third kappa shape index (κ3) is 17.9. The van der Waals surface area contributed by atoms with Gasteiger partial charge in [0.15, 0.2) is 0 Å². The molecule has 0 saturated carbocycles. The lowest BCUT2D eigenvalue weighted by molar-refractivity contribution is 0.370. The van der Waals surface area contributed by atoms with Crippen molar-refractivity contribution in [2.45, 2.75) is 136 Å². The number of rotatable bonds is 19. The van der Waals surface area contributed by atoms with E-state index in [0.29, 0.717) is 0 Å². The Balaban J connectivity index is 3.57. The molecule has 1 unspecified atom stereocenters. The van der Waals surface area contributed by atoms with Gasteiger partial charge in [-0.1, -0.05) is 123 Å². The zero-order chi connectivity index (χ0) is 17.7. The molecule has 0 aromatic rings. The molecule has 0 bridgehead atoms. The summed E-state index contributed by atoms with van der Waals surface area (Å²) in [5.74, 6) is 3.76. The van der Waals surface area contributed by atoms with Crippen LogP contribution in [0.5, 0.6) is 0 Å². The van der Waals surface area contributed by atoms with E-state index in [1.165, 1.54) is 116 Å². The molecule has 0 spiro atoms. The van der Waals surface area contributed by atoms with Crippen molar-refractivity contribution in [2.24, 2.45) is 5.92 Å². The highest BCUT2D eigenvalue weighted by Gasteiger charge is 2.08. The molecule has 0 rings (SSSR count). The van der Waals surface area contributed by atoms with Gasteiger partial charge in [-0.25, -0.2) is 0 Å². The second-order valence-electron chi connectivity index (χ2n) is 7.78. The molecule has 0 aliphatic heterocycles. The smallest absolute Gasteiger partial charge is 0.00860 e. The Morgan fingerprint density at radius 2 is 0.958 bits per heavy atom. The van der Waals surface area contributed by atoms with E-state index in [4.69, 9.17) is 6.42 Å². The van der Waals surface area contributed by atoms with Crippen molar-refractivity contribution >= 4 is 0 Å². The number of hydrogen-bond acceptors (Lipinski definition) is 0. The normalized spacial score (nSPS) is 12.2. The SMILES string of the molecule is C#CCCCCCCCC(CCCC)CCCCCCCCCC. The molecule has 0 nitrogen and oxygen atoms in total. The van der Waals surface area contributed by atoms with Gasteiger partial charge >= 0.3 is 0 Å². The van der Waals surface area contributed by atoms with E-state index in [1.807, 2.05) is 0 Å². The van der Waals surface area contributed by atoms with E-state index in [2.05, 4.69) is 19.8 Å². The largest absolute Gasteiger partial charge is 0.120 e. The maximum absolute atomic E-state index is 5.30. The highest BCUT2D eigenvalue weighted by Crippen LogP contribution is 2.24. The van der Waals surface area contributed by atoms with Crippen LogP contribution in [0.2, 0.25) is 0 Å². The standard InChI is InChI=1S/C24H46/c1-4-7-10-12-14-16-18-20-23-24(21-9-6-3)22-19-17-15-13-11-8-5-2/h2,24H,4,6-23H2,1,3H3. The summed E-state index contributed by atoms with van der Waals surface area (Å²) in [6.45, 7) is 4.63. The lowest BCUT2D eigenvalue weighted by Crippen LogP contribution is -2.01. The van der Waals surface area contributed by atoms with Crippen molar-refractivity contribution in [3.8, 4) is 12.3 Å². The summed E-state index contributed by atoms with van der Waals surface area (Å²) < 4.78 is 0. The molecule has 0 aromatic heterocycles. The summed E-state index contributed by atoms with van der Waals surface area (Å²) in [7, 11) is 0. The summed E-state index contributed by atoms with van der Waals surface area (Å²) in [6.07, 6.45) is 31.9. The summed E-state index contributed by atoms with van der Waals surface area (Å²) in [6, 6.07) is 0. The molecule has 0 aromatic carbocycles. The molecule has 0 amide bonds. The van der Waals surface area contributed by atoms with Gasteiger partial charge in [0.05, 0.1) is 0 Å². The van der Waals surface area contributed by atoms with Crippen LogP contribution in [0.25, 0.3) is 0 Å².